The third-order valence-corrected chi connectivity index (χ3v) is 2.55. The van der Waals surface area contributed by atoms with Gasteiger partial charge in [0.15, 0.2) is 0 Å². The zero-order valence-corrected chi connectivity index (χ0v) is 17.0. The summed E-state index contributed by atoms with van der Waals surface area (Å²) >= 11 is 0. The van der Waals surface area contributed by atoms with Crippen molar-refractivity contribution in [1.29, 1.82) is 0 Å². The van der Waals surface area contributed by atoms with Crippen molar-refractivity contribution in [3.05, 3.63) is 61.0 Å². The second kappa shape index (κ2) is 17.3. The average molecular weight is 380 g/mol. The number of hydrogen-bond donors (Lipinski definition) is 1. The van der Waals surface area contributed by atoms with E-state index < -0.39 is 0 Å². The summed E-state index contributed by atoms with van der Waals surface area (Å²) in [5, 5.41) is 7.57. The summed E-state index contributed by atoms with van der Waals surface area (Å²) in [6, 6.07) is 11.5. The van der Waals surface area contributed by atoms with E-state index in [4.69, 9.17) is 5.11 Å². The number of likely N-dealkylation sites (N-methyl/N-ethyl adjacent to an activating group) is 1. The summed E-state index contributed by atoms with van der Waals surface area (Å²) in [6.45, 7) is 2.94. The summed E-state index contributed by atoms with van der Waals surface area (Å²) in [5.41, 5.74) is 4.08. The van der Waals surface area contributed by atoms with Gasteiger partial charge in [-0.05, 0) is 27.4 Å². The fourth-order valence-corrected chi connectivity index (χ4v) is 1.90. The monoisotopic (exact) mass is 379 g/mol. The summed E-state index contributed by atoms with van der Waals surface area (Å²) in [4.78, 5) is 2.20. The first-order valence-electron chi connectivity index (χ1n) is 6.30. The van der Waals surface area contributed by atoms with Crippen LogP contribution in [0, 0.1) is 13.5 Å². The fraction of sp³-hybridized carbons (Fsp3) is 0.353. The van der Waals surface area contributed by atoms with Gasteiger partial charge in [-0.3, -0.25) is 0 Å². The van der Waals surface area contributed by atoms with Crippen molar-refractivity contribution in [2.24, 2.45) is 0 Å². The van der Waals surface area contributed by atoms with Gasteiger partial charge in [-0.2, -0.15) is 0 Å². The minimum Gasteiger partial charge on any atom is -0.397 e. The molecule has 0 fully saturated rings. The number of halogens is 2. The van der Waals surface area contributed by atoms with Gasteiger partial charge in [0, 0.05) is 13.2 Å². The number of aliphatic hydroxyl groups is 1. The smallest absolute Gasteiger partial charge is 0.397 e. The SMILES string of the molecule is CCO.CN(C)CC1=C(c2[c-]cccc2)CC=C1.Cl.Cl.[CH3-].[Ti+2]. The van der Waals surface area contributed by atoms with Gasteiger partial charge >= 0.3 is 21.7 Å². The van der Waals surface area contributed by atoms with Crippen LogP contribution in [0.3, 0.4) is 0 Å². The molecule has 1 aliphatic carbocycles. The average Bonchev–Trinajstić information content (AvgIpc) is 2.78. The predicted molar refractivity (Wildman–Crippen MR) is 98.2 cm³/mol. The van der Waals surface area contributed by atoms with E-state index >= 15 is 0 Å². The van der Waals surface area contributed by atoms with E-state index in [2.05, 4.69) is 49.3 Å². The molecular formula is C17H27Cl2NOTi. The molecule has 0 saturated carbocycles. The summed E-state index contributed by atoms with van der Waals surface area (Å²) in [6.07, 6.45) is 5.51. The zero-order chi connectivity index (χ0) is 13.4. The normalized spacial score (nSPS) is 11.3. The fourth-order valence-electron chi connectivity index (χ4n) is 1.90. The Morgan fingerprint density at radius 3 is 2.27 bits per heavy atom. The van der Waals surface area contributed by atoms with Gasteiger partial charge in [0.2, 0.25) is 0 Å². The molecule has 22 heavy (non-hydrogen) atoms. The topological polar surface area (TPSA) is 23.5 Å². The van der Waals surface area contributed by atoms with Crippen molar-refractivity contribution in [2.75, 3.05) is 27.2 Å². The molecule has 2 nitrogen and oxygen atoms in total. The maximum atomic E-state index is 7.57. The molecule has 1 aromatic carbocycles. The van der Waals surface area contributed by atoms with Gasteiger partial charge in [0.05, 0.1) is 0 Å². The van der Waals surface area contributed by atoms with Crippen LogP contribution in [0.25, 0.3) is 5.57 Å². The molecule has 2 rings (SSSR count). The zero-order valence-electron chi connectivity index (χ0n) is 13.8. The quantitative estimate of drug-likeness (QED) is 0.632. The Labute approximate surface area is 163 Å². The second-order valence-corrected chi connectivity index (χ2v) is 4.44. The molecule has 5 heteroatoms. The molecule has 0 amide bonds. The molecule has 1 N–H and O–H groups in total. The van der Waals surface area contributed by atoms with Gasteiger partial charge in [0.25, 0.3) is 0 Å². The number of allylic oxidation sites excluding steroid dienone is 2. The maximum absolute atomic E-state index is 7.57. The molecule has 0 aromatic heterocycles. The molecule has 0 aliphatic heterocycles. The Morgan fingerprint density at radius 1 is 1.23 bits per heavy atom. The van der Waals surface area contributed by atoms with Crippen LogP contribution in [0.4, 0.5) is 0 Å². The van der Waals surface area contributed by atoms with Crippen LogP contribution in [0.2, 0.25) is 0 Å². The van der Waals surface area contributed by atoms with Crippen LogP contribution in [0.1, 0.15) is 18.9 Å². The molecular weight excluding hydrogens is 353 g/mol. The van der Waals surface area contributed by atoms with Crippen LogP contribution < -0.4 is 0 Å². The Kier molecular flexibility index (Phi) is 23.4. The Morgan fingerprint density at radius 2 is 1.82 bits per heavy atom. The summed E-state index contributed by atoms with van der Waals surface area (Å²) in [5.74, 6) is 0. The molecule has 1 aliphatic rings. The van der Waals surface area contributed by atoms with E-state index in [9.17, 15) is 0 Å². The van der Waals surface area contributed by atoms with E-state index in [1.807, 2.05) is 12.1 Å². The maximum Gasteiger partial charge on any atom is 2.00 e. The van der Waals surface area contributed by atoms with Crippen molar-refractivity contribution in [3.63, 3.8) is 0 Å². The van der Waals surface area contributed by atoms with Gasteiger partial charge in [-0.25, -0.2) is 0 Å². The third-order valence-electron chi connectivity index (χ3n) is 2.55. The second-order valence-electron chi connectivity index (χ2n) is 4.44. The third kappa shape index (κ3) is 10.6. The molecule has 0 saturated heterocycles. The van der Waals surface area contributed by atoms with Gasteiger partial charge < -0.3 is 17.4 Å². The van der Waals surface area contributed by atoms with Crippen LogP contribution >= 0.6 is 24.8 Å². The van der Waals surface area contributed by atoms with Gasteiger partial charge in [-0.1, -0.05) is 17.7 Å². The number of benzene rings is 1. The molecule has 0 spiro atoms. The molecule has 0 atom stereocenters. The van der Waals surface area contributed by atoms with E-state index in [1.165, 1.54) is 16.7 Å². The minimum atomic E-state index is 0. The minimum absolute atomic E-state index is 0. The molecule has 124 valence electrons. The van der Waals surface area contributed by atoms with Crippen LogP contribution in [0.5, 0.6) is 0 Å². The molecule has 0 heterocycles. The van der Waals surface area contributed by atoms with Crippen molar-refractivity contribution < 1.29 is 26.8 Å². The van der Waals surface area contributed by atoms with E-state index in [-0.39, 0.29) is 60.6 Å². The number of rotatable bonds is 3. The van der Waals surface area contributed by atoms with Crippen LogP contribution in [-0.2, 0) is 21.7 Å². The first-order valence-corrected chi connectivity index (χ1v) is 6.30. The van der Waals surface area contributed by atoms with E-state index in [1.54, 1.807) is 6.92 Å². The first kappa shape index (κ1) is 29.9. The Bertz CT molecular complexity index is 420. The van der Waals surface area contributed by atoms with Crippen molar-refractivity contribution in [3.8, 4) is 0 Å². The van der Waals surface area contributed by atoms with Gasteiger partial charge in [-0.15, -0.1) is 66.3 Å². The summed E-state index contributed by atoms with van der Waals surface area (Å²) in [7, 11) is 4.21. The molecule has 0 radical (unpaired) electrons. The standard InChI is InChI=1S/C14H16N.C2H6O.CH3.2ClH.Ti/c1-15(2)11-13-9-6-10-14(13)12-7-4-3-5-8-12;1-2-3;;;;/h3-7,9H,10-11H2,1-2H3;3H,2H2,1H3;1H3;2*1H;/q-1;;-1;;;+2. The largest absolute Gasteiger partial charge is 2.00 e. The van der Waals surface area contributed by atoms with Crippen molar-refractivity contribution >= 4 is 30.4 Å². The van der Waals surface area contributed by atoms with Gasteiger partial charge in [0.1, 0.15) is 0 Å². The number of hydrogen-bond acceptors (Lipinski definition) is 2. The first-order chi connectivity index (χ1) is 8.69. The Balaban J connectivity index is -0.000000215. The number of nitrogens with zero attached hydrogens (tertiary/aromatic N) is 1. The Hall–Kier alpha value is -0.0857. The molecule has 0 bridgehead atoms. The van der Waals surface area contributed by atoms with Crippen molar-refractivity contribution in [2.45, 2.75) is 13.3 Å². The van der Waals surface area contributed by atoms with E-state index in [0.29, 0.717) is 0 Å². The predicted octanol–water partition coefficient (Wildman–Crippen LogP) is 4.05. The van der Waals surface area contributed by atoms with Crippen molar-refractivity contribution in [1.82, 2.24) is 4.90 Å². The number of aliphatic hydroxyl groups excluding tert-OH is 1. The summed E-state index contributed by atoms with van der Waals surface area (Å²) < 4.78 is 0. The van der Waals surface area contributed by atoms with Crippen LogP contribution in [-0.4, -0.2) is 37.3 Å². The molecule has 0 unspecified atom stereocenters. The van der Waals surface area contributed by atoms with Crippen LogP contribution in [0.15, 0.2) is 42.0 Å². The molecule has 1 aromatic rings. The van der Waals surface area contributed by atoms with E-state index in [0.717, 1.165) is 13.0 Å².